The monoisotopic (exact) mass is 322 g/mol. The van der Waals surface area contributed by atoms with Gasteiger partial charge in [-0.2, -0.15) is 0 Å². The molecule has 2 N–H and O–H groups in total. The second-order valence-corrected chi connectivity index (χ2v) is 5.39. The second kappa shape index (κ2) is 6.58. The van der Waals surface area contributed by atoms with Gasteiger partial charge in [0.15, 0.2) is 0 Å². The van der Waals surface area contributed by atoms with E-state index < -0.39 is 5.91 Å². The summed E-state index contributed by atoms with van der Waals surface area (Å²) in [6, 6.07) is 14.2. The summed E-state index contributed by atoms with van der Waals surface area (Å²) >= 11 is 0. The third kappa shape index (κ3) is 2.88. The smallest absolute Gasteiger partial charge is 0.261 e. The average molecular weight is 322 g/mol. The summed E-state index contributed by atoms with van der Waals surface area (Å²) in [5.74, 6) is 0.287. The summed E-state index contributed by atoms with van der Waals surface area (Å²) in [4.78, 5) is 28.6. The van der Waals surface area contributed by atoms with Gasteiger partial charge >= 0.3 is 0 Å². The van der Waals surface area contributed by atoms with Crippen molar-refractivity contribution in [3.63, 3.8) is 0 Å². The van der Waals surface area contributed by atoms with Crippen LogP contribution in [0.25, 0.3) is 10.9 Å². The zero-order valence-corrected chi connectivity index (χ0v) is 13.6. The van der Waals surface area contributed by atoms with Crippen molar-refractivity contribution in [2.45, 2.75) is 13.3 Å². The van der Waals surface area contributed by atoms with Gasteiger partial charge in [-0.3, -0.25) is 9.59 Å². The fourth-order valence-electron chi connectivity index (χ4n) is 2.66. The fourth-order valence-corrected chi connectivity index (χ4v) is 2.66. The zero-order chi connectivity index (χ0) is 17.1. The van der Waals surface area contributed by atoms with Crippen molar-refractivity contribution in [2.75, 3.05) is 12.4 Å². The molecular weight excluding hydrogens is 304 g/mol. The number of fused-ring (bicyclic) bond motifs is 1. The number of H-pyrrole nitrogens is 1. The lowest BCUT2D eigenvalue weighted by Gasteiger charge is -2.11. The van der Waals surface area contributed by atoms with Crippen LogP contribution >= 0.6 is 0 Å². The van der Waals surface area contributed by atoms with E-state index in [1.165, 1.54) is 0 Å². The molecule has 1 aromatic heterocycles. The number of aromatic nitrogens is 1. The molecule has 5 nitrogen and oxygen atoms in total. The molecule has 24 heavy (non-hydrogen) atoms. The van der Waals surface area contributed by atoms with Gasteiger partial charge in [-0.25, -0.2) is 0 Å². The molecule has 0 saturated carbocycles. The molecule has 0 aliphatic carbocycles. The van der Waals surface area contributed by atoms with Gasteiger partial charge in [0, 0.05) is 22.3 Å². The Kier molecular flexibility index (Phi) is 4.33. The topological polar surface area (TPSA) is 71.2 Å². The highest BCUT2D eigenvalue weighted by molar-refractivity contribution is 6.06. The van der Waals surface area contributed by atoms with Crippen molar-refractivity contribution in [3.8, 4) is 5.75 Å². The van der Waals surface area contributed by atoms with Crippen LogP contribution in [0.3, 0.4) is 0 Å². The number of amides is 1. The van der Waals surface area contributed by atoms with E-state index in [-0.39, 0.29) is 11.0 Å². The number of carbonyl (C=O) groups excluding carboxylic acids is 1. The summed E-state index contributed by atoms with van der Waals surface area (Å²) in [5.41, 5.74) is 1.87. The van der Waals surface area contributed by atoms with Gasteiger partial charge < -0.3 is 15.0 Å². The normalized spacial score (nSPS) is 10.6. The number of hydrogen-bond acceptors (Lipinski definition) is 3. The first kappa shape index (κ1) is 15.8. The van der Waals surface area contributed by atoms with Crippen LogP contribution in [0.4, 0.5) is 5.69 Å². The van der Waals surface area contributed by atoms with Crippen molar-refractivity contribution in [2.24, 2.45) is 0 Å². The van der Waals surface area contributed by atoms with Crippen LogP contribution in [0, 0.1) is 0 Å². The van der Waals surface area contributed by atoms with E-state index in [1.54, 1.807) is 43.5 Å². The van der Waals surface area contributed by atoms with Gasteiger partial charge in [-0.15, -0.1) is 0 Å². The maximum absolute atomic E-state index is 12.7. The van der Waals surface area contributed by atoms with Crippen LogP contribution in [0.1, 0.15) is 23.0 Å². The number of hydrogen-bond donors (Lipinski definition) is 2. The molecule has 1 amide bonds. The quantitative estimate of drug-likeness (QED) is 0.774. The first-order chi connectivity index (χ1) is 11.6. The molecule has 122 valence electrons. The molecule has 3 aromatic rings. The molecule has 1 heterocycles. The Morgan fingerprint density at radius 3 is 2.50 bits per heavy atom. The van der Waals surface area contributed by atoms with Crippen LogP contribution in [-0.2, 0) is 6.42 Å². The van der Waals surface area contributed by atoms with E-state index in [9.17, 15) is 9.59 Å². The Bertz CT molecular complexity index is 943. The van der Waals surface area contributed by atoms with E-state index >= 15 is 0 Å². The Balaban J connectivity index is 2.02. The summed E-state index contributed by atoms with van der Waals surface area (Å²) in [7, 11) is 1.58. The van der Waals surface area contributed by atoms with Gasteiger partial charge in [-0.1, -0.05) is 19.1 Å². The number of aromatic amines is 1. The van der Waals surface area contributed by atoms with Crippen molar-refractivity contribution in [1.29, 1.82) is 0 Å². The van der Waals surface area contributed by atoms with Gasteiger partial charge in [0.05, 0.1) is 7.11 Å². The molecule has 0 radical (unpaired) electrons. The number of benzene rings is 2. The molecule has 0 aliphatic rings. The second-order valence-electron chi connectivity index (χ2n) is 5.39. The number of pyridine rings is 1. The average Bonchev–Trinajstić information content (AvgIpc) is 2.62. The molecule has 0 spiro atoms. The lowest BCUT2D eigenvalue weighted by atomic mass is 10.1. The third-order valence-electron chi connectivity index (χ3n) is 3.91. The molecule has 0 aliphatic heterocycles. The van der Waals surface area contributed by atoms with Crippen molar-refractivity contribution < 1.29 is 9.53 Å². The van der Waals surface area contributed by atoms with Crippen molar-refractivity contribution in [1.82, 2.24) is 4.98 Å². The van der Waals surface area contributed by atoms with Gasteiger partial charge in [-0.05, 0) is 42.8 Å². The number of rotatable bonds is 4. The van der Waals surface area contributed by atoms with Crippen LogP contribution in [-0.4, -0.2) is 18.0 Å². The van der Waals surface area contributed by atoms with E-state index in [1.807, 2.05) is 19.1 Å². The van der Waals surface area contributed by atoms with Crippen molar-refractivity contribution >= 4 is 22.5 Å². The number of anilines is 1. The molecule has 3 rings (SSSR count). The van der Waals surface area contributed by atoms with Crippen LogP contribution in [0.5, 0.6) is 5.75 Å². The highest BCUT2D eigenvalue weighted by Gasteiger charge is 2.18. The maximum atomic E-state index is 12.7. The molecular formula is C19H18N2O3. The third-order valence-corrected chi connectivity index (χ3v) is 3.91. The van der Waals surface area contributed by atoms with Crippen LogP contribution in [0.15, 0.2) is 53.3 Å². The molecule has 0 saturated heterocycles. The summed E-state index contributed by atoms with van der Waals surface area (Å²) in [6.07, 6.45) is 0.561. The number of methoxy groups -OCH3 is 1. The molecule has 5 heteroatoms. The van der Waals surface area contributed by atoms with E-state index in [0.717, 1.165) is 5.52 Å². The Hall–Kier alpha value is -3.08. The minimum atomic E-state index is -0.413. The summed E-state index contributed by atoms with van der Waals surface area (Å²) in [6.45, 7) is 1.91. The minimum Gasteiger partial charge on any atom is -0.497 e. The molecule has 0 atom stereocenters. The van der Waals surface area contributed by atoms with Crippen LogP contribution in [0.2, 0.25) is 0 Å². The maximum Gasteiger partial charge on any atom is 0.261 e. The van der Waals surface area contributed by atoms with E-state index in [0.29, 0.717) is 28.9 Å². The zero-order valence-electron chi connectivity index (χ0n) is 13.6. The summed E-state index contributed by atoms with van der Waals surface area (Å²) < 4.78 is 5.09. The van der Waals surface area contributed by atoms with Crippen molar-refractivity contribution in [3.05, 3.63) is 70.0 Å². The van der Waals surface area contributed by atoms with E-state index in [4.69, 9.17) is 4.74 Å². The molecule has 0 unspecified atom stereocenters. The first-order valence-electron chi connectivity index (χ1n) is 7.73. The molecule has 0 fully saturated rings. The fraction of sp³-hybridized carbons (Fsp3) is 0.158. The number of aryl methyl sites for hydroxylation is 1. The predicted octanol–water partition coefficient (Wildman–Crippen LogP) is 3.35. The SMILES string of the molecule is CCc1[nH]c2ccccc2c(=O)c1C(=O)Nc1ccc(OC)cc1. The standard InChI is InChI=1S/C19H18N2O3/c1-3-15-17(18(22)14-6-4-5-7-16(14)21-15)19(23)20-12-8-10-13(24-2)11-9-12/h4-11H,3H2,1-2H3,(H,20,23)(H,21,22). The number of carbonyl (C=O) groups is 1. The Labute approximate surface area is 139 Å². The van der Waals surface area contributed by atoms with E-state index in [2.05, 4.69) is 10.3 Å². The first-order valence-corrected chi connectivity index (χ1v) is 7.73. The largest absolute Gasteiger partial charge is 0.497 e. The molecule has 0 bridgehead atoms. The number of nitrogens with one attached hydrogen (secondary N) is 2. The van der Waals surface area contributed by atoms with Gasteiger partial charge in [0.1, 0.15) is 11.3 Å². The Morgan fingerprint density at radius 1 is 1.12 bits per heavy atom. The Morgan fingerprint density at radius 2 is 1.83 bits per heavy atom. The highest BCUT2D eigenvalue weighted by Crippen LogP contribution is 2.17. The lowest BCUT2D eigenvalue weighted by Crippen LogP contribution is -2.25. The predicted molar refractivity (Wildman–Crippen MR) is 94.9 cm³/mol. The number of para-hydroxylation sites is 1. The number of ether oxygens (including phenoxy) is 1. The van der Waals surface area contributed by atoms with Crippen LogP contribution < -0.4 is 15.5 Å². The molecule has 2 aromatic carbocycles. The van der Waals surface area contributed by atoms with Gasteiger partial charge in [0.2, 0.25) is 5.43 Å². The lowest BCUT2D eigenvalue weighted by molar-refractivity contribution is 0.102. The minimum absolute atomic E-state index is 0.159. The van der Waals surface area contributed by atoms with Gasteiger partial charge in [0.25, 0.3) is 5.91 Å². The summed E-state index contributed by atoms with van der Waals surface area (Å²) in [5, 5.41) is 3.28. The highest BCUT2D eigenvalue weighted by atomic mass is 16.5.